The predicted molar refractivity (Wildman–Crippen MR) is 68.9 cm³/mol. The Morgan fingerprint density at radius 2 is 2.28 bits per heavy atom. The summed E-state index contributed by atoms with van der Waals surface area (Å²) in [6.45, 7) is 0. The molecule has 7 nitrogen and oxygen atoms in total. The van der Waals surface area contributed by atoms with Crippen LogP contribution in [-0.4, -0.2) is 20.5 Å². The van der Waals surface area contributed by atoms with Gasteiger partial charge >= 0.3 is 5.69 Å². The largest absolute Gasteiger partial charge is 0.384 e. The number of nitrogen functional groups attached to an aromatic ring is 1. The fourth-order valence-corrected chi connectivity index (χ4v) is 1.99. The third-order valence-corrected chi connectivity index (χ3v) is 2.94. The normalized spacial score (nSPS) is 10.3. The highest BCUT2D eigenvalue weighted by Gasteiger charge is 2.11. The Hall–Kier alpha value is -2.22. The Bertz CT molecular complexity index is 637. The summed E-state index contributed by atoms with van der Waals surface area (Å²) in [4.78, 5) is 10.0. The number of nitro groups is 1. The molecule has 0 bridgehead atoms. The van der Waals surface area contributed by atoms with Crippen molar-refractivity contribution in [2.24, 2.45) is 5.73 Å². The Morgan fingerprint density at radius 3 is 2.78 bits per heavy atom. The molecule has 1 aromatic heterocycles. The molecule has 2 aromatic rings. The van der Waals surface area contributed by atoms with Crippen molar-refractivity contribution in [1.29, 1.82) is 5.41 Å². The Morgan fingerprint density at radius 1 is 1.56 bits per heavy atom. The molecule has 0 unspecified atom stereocenters. The highest BCUT2D eigenvalue weighted by Crippen LogP contribution is 2.21. The second kappa shape index (κ2) is 4.57. The van der Waals surface area contributed by atoms with E-state index in [1.165, 1.54) is 17.1 Å². The SMILES string of the molecule is N=C(N)c1ccc(-n2cc([N+](=O)[O-])cn2)cc1Br. The van der Waals surface area contributed by atoms with Gasteiger partial charge in [0.1, 0.15) is 18.2 Å². The first-order chi connectivity index (χ1) is 8.49. The third kappa shape index (κ3) is 2.23. The van der Waals surface area contributed by atoms with E-state index in [4.69, 9.17) is 11.1 Å². The molecule has 0 atom stereocenters. The number of nitrogens with zero attached hydrogens (tertiary/aromatic N) is 3. The first-order valence-electron chi connectivity index (χ1n) is 4.82. The Kier molecular flexibility index (Phi) is 3.11. The van der Waals surface area contributed by atoms with Gasteiger partial charge in [0.05, 0.1) is 10.6 Å². The molecule has 0 saturated heterocycles. The lowest BCUT2D eigenvalue weighted by Crippen LogP contribution is -2.12. The van der Waals surface area contributed by atoms with Gasteiger partial charge < -0.3 is 5.73 Å². The molecule has 3 N–H and O–H groups in total. The highest BCUT2D eigenvalue weighted by molar-refractivity contribution is 9.10. The van der Waals surface area contributed by atoms with E-state index in [0.29, 0.717) is 15.7 Å². The second-order valence-corrected chi connectivity index (χ2v) is 4.33. The molecule has 1 aromatic carbocycles. The highest BCUT2D eigenvalue weighted by atomic mass is 79.9. The molecule has 0 radical (unpaired) electrons. The lowest BCUT2D eigenvalue weighted by Gasteiger charge is -2.05. The topological polar surface area (TPSA) is 111 Å². The monoisotopic (exact) mass is 309 g/mol. The van der Waals surface area contributed by atoms with Gasteiger partial charge in [0.2, 0.25) is 0 Å². The van der Waals surface area contributed by atoms with Gasteiger partial charge in [-0.1, -0.05) is 0 Å². The van der Waals surface area contributed by atoms with Crippen molar-refractivity contribution in [3.8, 4) is 5.69 Å². The summed E-state index contributed by atoms with van der Waals surface area (Å²) in [5.74, 6) is -0.0557. The summed E-state index contributed by atoms with van der Waals surface area (Å²) >= 11 is 3.28. The number of aromatic nitrogens is 2. The minimum Gasteiger partial charge on any atom is -0.384 e. The van der Waals surface area contributed by atoms with E-state index >= 15 is 0 Å². The molecular formula is C10H8BrN5O2. The van der Waals surface area contributed by atoms with Crippen LogP contribution < -0.4 is 5.73 Å². The summed E-state index contributed by atoms with van der Waals surface area (Å²) in [5.41, 5.74) is 6.50. The molecule has 0 aliphatic rings. The summed E-state index contributed by atoms with van der Waals surface area (Å²) in [7, 11) is 0. The van der Waals surface area contributed by atoms with Gasteiger partial charge in [-0.25, -0.2) is 4.68 Å². The third-order valence-electron chi connectivity index (χ3n) is 2.29. The van der Waals surface area contributed by atoms with Crippen LogP contribution in [-0.2, 0) is 0 Å². The number of amidine groups is 1. The van der Waals surface area contributed by atoms with Crippen molar-refractivity contribution < 1.29 is 4.92 Å². The maximum Gasteiger partial charge on any atom is 0.307 e. The lowest BCUT2D eigenvalue weighted by molar-refractivity contribution is -0.384. The van der Waals surface area contributed by atoms with Crippen LogP contribution in [0.15, 0.2) is 35.1 Å². The zero-order valence-electron chi connectivity index (χ0n) is 9.00. The Labute approximate surface area is 110 Å². The fourth-order valence-electron chi connectivity index (χ4n) is 1.41. The average molecular weight is 310 g/mol. The number of halogens is 1. The molecule has 18 heavy (non-hydrogen) atoms. The minimum absolute atomic E-state index is 0.0557. The van der Waals surface area contributed by atoms with Gasteiger partial charge in [0.15, 0.2) is 0 Å². The van der Waals surface area contributed by atoms with E-state index in [1.54, 1.807) is 18.2 Å². The average Bonchev–Trinajstić information content (AvgIpc) is 2.77. The molecule has 2 rings (SSSR count). The molecule has 1 heterocycles. The number of hydrogen-bond acceptors (Lipinski definition) is 4. The molecule has 0 amide bonds. The molecule has 0 spiro atoms. The second-order valence-electron chi connectivity index (χ2n) is 3.48. The number of hydrogen-bond donors (Lipinski definition) is 2. The quantitative estimate of drug-likeness (QED) is 0.390. The zero-order valence-corrected chi connectivity index (χ0v) is 10.6. The van der Waals surface area contributed by atoms with E-state index in [1.807, 2.05) is 0 Å². The van der Waals surface area contributed by atoms with Crippen molar-refractivity contribution in [2.75, 3.05) is 0 Å². The fraction of sp³-hybridized carbons (Fsp3) is 0. The molecule has 92 valence electrons. The number of rotatable bonds is 3. The van der Waals surface area contributed by atoms with Crippen LogP contribution in [0.3, 0.4) is 0 Å². The van der Waals surface area contributed by atoms with Gasteiger partial charge in [0, 0.05) is 10.0 Å². The molecule has 8 heteroatoms. The van der Waals surface area contributed by atoms with Gasteiger partial charge in [-0.2, -0.15) is 5.10 Å². The van der Waals surface area contributed by atoms with E-state index < -0.39 is 4.92 Å². The van der Waals surface area contributed by atoms with E-state index in [9.17, 15) is 10.1 Å². The van der Waals surface area contributed by atoms with E-state index in [2.05, 4.69) is 21.0 Å². The molecule has 0 fully saturated rings. The number of nitrogens with two attached hydrogens (primary N) is 1. The first kappa shape index (κ1) is 12.2. The van der Waals surface area contributed by atoms with Crippen LogP contribution in [0.5, 0.6) is 0 Å². The van der Waals surface area contributed by atoms with Gasteiger partial charge in [-0.3, -0.25) is 15.5 Å². The standard InChI is InChI=1S/C10H8BrN5O2/c11-9-3-6(1-2-8(9)10(12)13)15-5-7(4-14-15)16(17)18/h1-5H,(H3,12,13). The first-order valence-corrected chi connectivity index (χ1v) is 5.61. The van der Waals surface area contributed by atoms with Crippen molar-refractivity contribution in [2.45, 2.75) is 0 Å². The zero-order chi connectivity index (χ0) is 13.3. The predicted octanol–water partition coefficient (Wildman–Crippen LogP) is 1.83. The smallest absolute Gasteiger partial charge is 0.307 e. The van der Waals surface area contributed by atoms with Crippen molar-refractivity contribution in [1.82, 2.24) is 9.78 Å². The van der Waals surface area contributed by atoms with Crippen LogP contribution in [0.25, 0.3) is 5.69 Å². The molecule has 0 saturated carbocycles. The maximum absolute atomic E-state index is 10.6. The summed E-state index contributed by atoms with van der Waals surface area (Å²) in [6, 6.07) is 5.01. The van der Waals surface area contributed by atoms with Gasteiger partial charge in [-0.05, 0) is 34.1 Å². The van der Waals surface area contributed by atoms with E-state index in [0.717, 1.165) is 0 Å². The molecular weight excluding hydrogens is 302 g/mol. The summed E-state index contributed by atoms with van der Waals surface area (Å²) < 4.78 is 2.01. The molecule has 0 aliphatic carbocycles. The van der Waals surface area contributed by atoms with Gasteiger partial charge in [-0.15, -0.1) is 0 Å². The van der Waals surface area contributed by atoms with E-state index in [-0.39, 0.29) is 11.5 Å². The van der Waals surface area contributed by atoms with Crippen molar-refractivity contribution in [3.63, 3.8) is 0 Å². The maximum atomic E-state index is 10.6. The minimum atomic E-state index is -0.511. The van der Waals surface area contributed by atoms with Crippen LogP contribution in [0, 0.1) is 15.5 Å². The van der Waals surface area contributed by atoms with Crippen LogP contribution in [0.1, 0.15) is 5.56 Å². The lowest BCUT2D eigenvalue weighted by atomic mass is 10.2. The molecule has 0 aliphatic heterocycles. The summed E-state index contributed by atoms with van der Waals surface area (Å²) in [5, 5.41) is 21.8. The van der Waals surface area contributed by atoms with Gasteiger partial charge in [0.25, 0.3) is 0 Å². The van der Waals surface area contributed by atoms with Crippen LogP contribution >= 0.6 is 15.9 Å². The van der Waals surface area contributed by atoms with Crippen molar-refractivity contribution >= 4 is 27.5 Å². The van der Waals surface area contributed by atoms with Crippen LogP contribution in [0.2, 0.25) is 0 Å². The summed E-state index contributed by atoms with van der Waals surface area (Å²) in [6.07, 6.45) is 2.49. The van der Waals surface area contributed by atoms with Crippen LogP contribution in [0.4, 0.5) is 5.69 Å². The Balaban J connectivity index is 2.42. The van der Waals surface area contributed by atoms with Crippen molar-refractivity contribution in [3.05, 3.63) is 50.7 Å². The number of nitrogens with one attached hydrogen (secondary N) is 1. The number of benzene rings is 1.